The highest BCUT2D eigenvalue weighted by Crippen LogP contribution is 2.34. The zero-order valence-electron chi connectivity index (χ0n) is 7.60. The van der Waals surface area contributed by atoms with Crippen LogP contribution in [0.25, 0.3) is 10.3 Å². The Kier molecular flexibility index (Phi) is 1.67. The first-order valence-electron chi connectivity index (χ1n) is 4.69. The molecule has 0 amide bonds. The van der Waals surface area contributed by atoms with Gasteiger partial charge in [-0.25, -0.2) is 15.0 Å². The third kappa shape index (κ3) is 1.33. The van der Waals surface area contributed by atoms with Crippen LogP contribution in [-0.2, 0) is 6.42 Å². The molecule has 2 N–H and O–H groups in total. The van der Waals surface area contributed by atoms with Crippen LogP contribution in [0.3, 0.4) is 0 Å². The lowest BCUT2D eigenvalue weighted by Gasteiger charge is -1.89. The number of fused-ring (bicyclic) bond motifs is 1. The average molecular weight is 206 g/mol. The first-order chi connectivity index (χ1) is 6.83. The molecule has 2 aromatic heterocycles. The van der Waals surface area contributed by atoms with Gasteiger partial charge in [0.05, 0.1) is 5.01 Å². The van der Waals surface area contributed by atoms with E-state index in [2.05, 4.69) is 15.0 Å². The molecule has 0 bridgehead atoms. The monoisotopic (exact) mass is 206 g/mol. The molecule has 0 saturated heterocycles. The summed E-state index contributed by atoms with van der Waals surface area (Å²) in [5, 5.41) is 1.15. The summed E-state index contributed by atoms with van der Waals surface area (Å²) in [7, 11) is 0. The van der Waals surface area contributed by atoms with E-state index in [-0.39, 0.29) is 0 Å². The van der Waals surface area contributed by atoms with Gasteiger partial charge in [0.15, 0.2) is 5.82 Å². The molecule has 5 heteroatoms. The zero-order valence-corrected chi connectivity index (χ0v) is 8.42. The molecule has 1 saturated carbocycles. The third-order valence-electron chi connectivity index (χ3n) is 2.43. The first-order valence-corrected chi connectivity index (χ1v) is 5.50. The molecule has 72 valence electrons. The molecule has 14 heavy (non-hydrogen) atoms. The minimum atomic E-state index is 0.494. The van der Waals surface area contributed by atoms with Crippen LogP contribution in [0.15, 0.2) is 6.33 Å². The highest BCUT2D eigenvalue weighted by atomic mass is 32.1. The van der Waals surface area contributed by atoms with E-state index in [0.717, 1.165) is 27.7 Å². The van der Waals surface area contributed by atoms with Gasteiger partial charge in [-0.15, -0.1) is 0 Å². The van der Waals surface area contributed by atoms with Crippen molar-refractivity contribution in [2.24, 2.45) is 5.92 Å². The maximum absolute atomic E-state index is 5.71. The number of aromatic nitrogens is 3. The van der Waals surface area contributed by atoms with Gasteiger partial charge >= 0.3 is 0 Å². The number of thiazole rings is 1. The summed E-state index contributed by atoms with van der Waals surface area (Å²) in [6.07, 6.45) is 5.27. The second-order valence-electron chi connectivity index (χ2n) is 3.67. The Morgan fingerprint density at radius 3 is 3.00 bits per heavy atom. The Balaban J connectivity index is 2.05. The summed E-state index contributed by atoms with van der Waals surface area (Å²) < 4.78 is 0. The SMILES string of the molecule is Nc1ncnc2sc(CC3CC3)nc12. The van der Waals surface area contributed by atoms with E-state index >= 15 is 0 Å². The van der Waals surface area contributed by atoms with Crippen LogP contribution in [0, 0.1) is 5.92 Å². The van der Waals surface area contributed by atoms with Gasteiger partial charge in [-0.05, 0) is 18.8 Å². The van der Waals surface area contributed by atoms with Crippen LogP contribution >= 0.6 is 11.3 Å². The summed E-state index contributed by atoms with van der Waals surface area (Å²) in [5.74, 6) is 1.35. The maximum Gasteiger partial charge on any atom is 0.154 e. The second-order valence-corrected chi connectivity index (χ2v) is 4.73. The van der Waals surface area contributed by atoms with Gasteiger partial charge in [-0.1, -0.05) is 11.3 Å². The fourth-order valence-electron chi connectivity index (χ4n) is 1.47. The molecule has 1 aliphatic rings. The predicted octanol–water partition coefficient (Wildman–Crippen LogP) is 1.62. The van der Waals surface area contributed by atoms with Crippen LogP contribution < -0.4 is 5.73 Å². The zero-order chi connectivity index (χ0) is 9.54. The van der Waals surface area contributed by atoms with Crippen LogP contribution in [-0.4, -0.2) is 15.0 Å². The quantitative estimate of drug-likeness (QED) is 0.811. The van der Waals surface area contributed by atoms with Crippen LogP contribution in [0.2, 0.25) is 0 Å². The van der Waals surface area contributed by atoms with E-state index in [1.165, 1.54) is 19.2 Å². The molecule has 0 aliphatic heterocycles. The third-order valence-corrected chi connectivity index (χ3v) is 3.41. The maximum atomic E-state index is 5.71. The smallest absolute Gasteiger partial charge is 0.154 e. The summed E-state index contributed by atoms with van der Waals surface area (Å²) in [6.45, 7) is 0. The van der Waals surface area contributed by atoms with Gasteiger partial charge < -0.3 is 5.73 Å². The van der Waals surface area contributed by atoms with Gasteiger partial charge in [0.2, 0.25) is 0 Å². The van der Waals surface area contributed by atoms with E-state index in [1.807, 2.05) is 0 Å². The van der Waals surface area contributed by atoms with Crippen molar-refractivity contribution < 1.29 is 0 Å². The highest BCUT2D eigenvalue weighted by molar-refractivity contribution is 7.18. The Morgan fingerprint density at radius 1 is 1.43 bits per heavy atom. The van der Waals surface area contributed by atoms with Crippen molar-refractivity contribution in [1.29, 1.82) is 0 Å². The average Bonchev–Trinajstić information content (AvgIpc) is 2.84. The molecular formula is C9H10N4S. The molecule has 3 rings (SSSR count). The lowest BCUT2D eigenvalue weighted by atomic mass is 10.3. The minimum absolute atomic E-state index is 0.494. The van der Waals surface area contributed by atoms with Crippen molar-refractivity contribution >= 4 is 27.5 Å². The van der Waals surface area contributed by atoms with Gasteiger partial charge in [-0.2, -0.15) is 0 Å². The summed E-state index contributed by atoms with van der Waals surface area (Å²) in [5.41, 5.74) is 6.48. The van der Waals surface area contributed by atoms with E-state index < -0.39 is 0 Å². The lowest BCUT2D eigenvalue weighted by Crippen LogP contribution is -1.92. The predicted molar refractivity (Wildman–Crippen MR) is 56.1 cm³/mol. The summed E-state index contributed by atoms with van der Waals surface area (Å²) in [6, 6.07) is 0. The second kappa shape index (κ2) is 2.88. The van der Waals surface area contributed by atoms with Crippen molar-refractivity contribution in [1.82, 2.24) is 15.0 Å². The Labute approximate surface area is 85.2 Å². The van der Waals surface area contributed by atoms with Crippen LogP contribution in [0.1, 0.15) is 17.8 Å². The van der Waals surface area contributed by atoms with Crippen molar-refractivity contribution in [2.75, 3.05) is 5.73 Å². The number of nitrogen functional groups attached to an aromatic ring is 1. The van der Waals surface area contributed by atoms with Crippen LogP contribution in [0.5, 0.6) is 0 Å². The summed E-state index contributed by atoms with van der Waals surface area (Å²) in [4.78, 5) is 13.5. The standard InChI is InChI=1S/C9H10N4S/c10-8-7-9(12-4-11-8)14-6(13-7)3-5-1-2-5/h4-5H,1-3H2,(H2,10,11,12). The van der Waals surface area contributed by atoms with Crippen molar-refractivity contribution in [3.8, 4) is 0 Å². The number of hydrogen-bond donors (Lipinski definition) is 1. The Bertz CT molecular complexity index is 475. The molecule has 0 spiro atoms. The normalized spacial score (nSPS) is 16.3. The lowest BCUT2D eigenvalue weighted by molar-refractivity contribution is 0.826. The molecule has 4 nitrogen and oxygen atoms in total. The molecule has 2 aromatic rings. The van der Waals surface area contributed by atoms with Crippen LogP contribution in [0.4, 0.5) is 5.82 Å². The molecule has 1 fully saturated rings. The van der Waals surface area contributed by atoms with Gasteiger partial charge in [-0.3, -0.25) is 0 Å². The fraction of sp³-hybridized carbons (Fsp3) is 0.444. The van der Waals surface area contributed by atoms with Crippen molar-refractivity contribution in [3.63, 3.8) is 0 Å². The fourth-order valence-corrected chi connectivity index (χ4v) is 2.50. The van der Waals surface area contributed by atoms with E-state index in [9.17, 15) is 0 Å². The van der Waals surface area contributed by atoms with Crippen molar-refractivity contribution in [3.05, 3.63) is 11.3 Å². The number of anilines is 1. The topological polar surface area (TPSA) is 64.7 Å². The largest absolute Gasteiger partial charge is 0.382 e. The highest BCUT2D eigenvalue weighted by Gasteiger charge is 2.23. The molecule has 0 atom stereocenters. The van der Waals surface area contributed by atoms with E-state index in [0.29, 0.717) is 5.82 Å². The van der Waals surface area contributed by atoms with Gasteiger partial charge in [0.25, 0.3) is 0 Å². The number of nitrogens with zero attached hydrogens (tertiary/aromatic N) is 3. The number of rotatable bonds is 2. The van der Waals surface area contributed by atoms with Gasteiger partial charge in [0.1, 0.15) is 16.7 Å². The molecule has 0 aromatic carbocycles. The minimum Gasteiger partial charge on any atom is -0.382 e. The van der Waals surface area contributed by atoms with Crippen molar-refractivity contribution in [2.45, 2.75) is 19.3 Å². The summed E-state index contributed by atoms with van der Waals surface area (Å²) >= 11 is 1.64. The Hall–Kier alpha value is -1.23. The molecular weight excluding hydrogens is 196 g/mol. The molecule has 0 radical (unpaired) electrons. The number of nitrogens with two attached hydrogens (primary N) is 1. The van der Waals surface area contributed by atoms with E-state index in [4.69, 9.17) is 5.73 Å². The van der Waals surface area contributed by atoms with E-state index in [1.54, 1.807) is 11.3 Å². The Morgan fingerprint density at radius 2 is 2.29 bits per heavy atom. The van der Waals surface area contributed by atoms with Gasteiger partial charge in [0, 0.05) is 6.42 Å². The molecule has 0 unspecified atom stereocenters. The first kappa shape index (κ1) is 8.11. The molecule has 2 heterocycles. The molecule has 1 aliphatic carbocycles. The number of hydrogen-bond acceptors (Lipinski definition) is 5.